The van der Waals surface area contributed by atoms with Crippen molar-refractivity contribution in [1.29, 1.82) is 5.26 Å². The predicted molar refractivity (Wildman–Crippen MR) is 72.2 cm³/mol. The molecular weight excluding hydrogens is 298 g/mol. The van der Waals surface area contributed by atoms with E-state index in [0.29, 0.717) is 6.42 Å². The molecule has 0 aliphatic heterocycles. The molecule has 0 saturated carbocycles. The maximum Gasteiger partial charge on any atom is 0.172 e. The summed E-state index contributed by atoms with van der Waals surface area (Å²) in [7, 11) is 0. The molecule has 0 spiro atoms. The van der Waals surface area contributed by atoms with Crippen LogP contribution >= 0.6 is 27.7 Å². The highest BCUT2D eigenvalue weighted by atomic mass is 79.9. The summed E-state index contributed by atoms with van der Waals surface area (Å²) < 4.78 is 3.08. The maximum absolute atomic E-state index is 8.52. The van der Waals surface area contributed by atoms with Crippen LogP contribution in [0.25, 0.3) is 5.69 Å². The van der Waals surface area contributed by atoms with Crippen LogP contribution in [0.5, 0.6) is 0 Å². The average Bonchev–Trinajstić information content (AvgIpc) is 2.79. The first-order chi connectivity index (χ1) is 8.31. The molecule has 0 aliphatic carbocycles. The van der Waals surface area contributed by atoms with E-state index in [-0.39, 0.29) is 0 Å². The monoisotopic (exact) mass is 307 g/mol. The Labute approximate surface area is 113 Å². The quantitative estimate of drug-likeness (QED) is 0.639. The molecular formula is C12H10BrN3S. The lowest BCUT2D eigenvalue weighted by molar-refractivity contribution is 0.894. The summed E-state index contributed by atoms with van der Waals surface area (Å²) >= 11 is 5.01. The Bertz CT molecular complexity index is 527. The van der Waals surface area contributed by atoms with Crippen molar-refractivity contribution in [3.05, 3.63) is 41.1 Å². The fourth-order valence-corrected chi connectivity index (χ4v) is 2.46. The number of hydrogen-bond donors (Lipinski definition) is 0. The zero-order valence-electron chi connectivity index (χ0n) is 9.01. The van der Waals surface area contributed by atoms with Crippen molar-refractivity contribution in [3.8, 4) is 11.8 Å². The van der Waals surface area contributed by atoms with Gasteiger partial charge in [0.1, 0.15) is 0 Å². The van der Waals surface area contributed by atoms with Gasteiger partial charge in [-0.1, -0.05) is 27.7 Å². The highest BCUT2D eigenvalue weighted by Crippen LogP contribution is 2.22. The topological polar surface area (TPSA) is 41.6 Å². The van der Waals surface area contributed by atoms with E-state index in [1.165, 1.54) is 0 Å². The zero-order chi connectivity index (χ0) is 12.1. The minimum absolute atomic E-state index is 0.540. The molecule has 5 heteroatoms. The van der Waals surface area contributed by atoms with E-state index >= 15 is 0 Å². The molecule has 17 heavy (non-hydrogen) atoms. The van der Waals surface area contributed by atoms with Crippen molar-refractivity contribution in [2.75, 3.05) is 5.75 Å². The second-order valence-electron chi connectivity index (χ2n) is 3.31. The Morgan fingerprint density at radius 3 is 2.82 bits per heavy atom. The van der Waals surface area contributed by atoms with Gasteiger partial charge in [0.15, 0.2) is 5.16 Å². The molecule has 0 N–H and O–H groups in total. The largest absolute Gasteiger partial charge is 0.295 e. The summed E-state index contributed by atoms with van der Waals surface area (Å²) in [6, 6.07) is 10.2. The van der Waals surface area contributed by atoms with Crippen LogP contribution in [0, 0.1) is 11.3 Å². The lowest BCUT2D eigenvalue weighted by atomic mass is 10.3. The maximum atomic E-state index is 8.52. The van der Waals surface area contributed by atoms with E-state index < -0.39 is 0 Å². The smallest absolute Gasteiger partial charge is 0.172 e. The second kappa shape index (κ2) is 5.89. The van der Waals surface area contributed by atoms with E-state index in [1.807, 2.05) is 35.0 Å². The molecule has 1 aromatic carbocycles. The van der Waals surface area contributed by atoms with Gasteiger partial charge in [0.25, 0.3) is 0 Å². The highest BCUT2D eigenvalue weighted by molar-refractivity contribution is 9.10. The van der Waals surface area contributed by atoms with E-state index in [1.54, 1.807) is 18.0 Å². The molecule has 0 amide bonds. The van der Waals surface area contributed by atoms with Crippen LogP contribution in [-0.4, -0.2) is 15.3 Å². The molecule has 1 aromatic heterocycles. The molecule has 0 unspecified atom stereocenters. The molecule has 86 valence electrons. The van der Waals surface area contributed by atoms with Gasteiger partial charge < -0.3 is 0 Å². The van der Waals surface area contributed by atoms with E-state index in [0.717, 1.165) is 21.1 Å². The molecule has 1 heterocycles. The summed E-state index contributed by atoms with van der Waals surface area (Å²) in [5.41, 5.74) is 1.07. The lowest BCUT2D eigenvalue weighted by Crippen LogP contribution is -1.95. The fourth-order valence-electron chi connectivity index (χ4n) is 1.38. The molecule has 0 atom stereocenters. The van der Waals surface area contributed by atoms with Gasteiger partial charge in [0, 0.05) is 34.7 Å². The first-order valence-corrected chi connectivity index (χ1v) is 6.88. The predicted octanol–water partition coefficient (Wildman–Crippen LogP) is 3.64. The second-order valence-corrected chi connectivity index (χ2v) is 5.29. The van der Waals surface area contributed by atoms with Crippen LogP contribution in [0.1, 0.15) is 6.42 Å². The van der Waals surface area contributed by atoms with E-state index in [4.69, 9.17) is 5.26 Å². The third-order valence-corrected chi connectivity index (χ3v) is 3.65. The van der Waals surface area contributed by atoms with Gasteiger partial charge in [-0.15, -0.1) is 0 Å². The number of aromatic nitrogens is 2. The Hall–Kier alpha value is -1.25. The summed E-state index contributed by atoms with van der Waals surface area (Å²) in [5.74, 6) is 0.768. The Balaban J connectivity index is 2.19. The molecule has 2 rings (SSSR count). The van der Waals surface area contributed by atoms with Crippen LogP contribution in [0.2, 0.25) is 0 Å². The van der Waals surface area contributed by atoms with E-state index in [2.05, 4.69) is 27.0 Å². The molecule has 0 aliphatic rings. The summed E-state index contributed by atoms with van der Waals surface area (Å²) in [6.45, 7) is 0. The molecule has 0 radical (unpaired) electrons. The first kappa shape index (κ1) is 12.2. The van der Waals surface area contributed by atoms with Gasteiger partial charge in [-0.25, -0.2) is 4.98 Å². The number of hydrogen-bond acceptors (Lipinski definition) is 3. The van der Waals surface area contributed by atoms with Crippen molar-refractivity contribution >= 4 is 27.7 Å². The fraction of sp³-hybridized carbons (Fsp3) is 0.167. The lowest BCUT2D eigenvalue weighted by Gasteiger charge is -2.06. The number of halogens is 1. The number of rotatable bonds is 4. The minimum Gasteiger partial charge on any atom is -0.295 e. The van der Waals surface area contributed by atoms with Gasteiger partial charge in [-0.2, -0.15) is 5.26 Å². The average molecular weight is 308 g/mol. The number of thioether (sulfide) groups is 1. The summed E-state index contributed by atoms with van der Waals surface area (Å²) in [5, 5.41) is 9.44. The van der Waals surface area contributed by atoms with Gasteiger partial charge >= 0.3 is 0 Å². The standard InChI is InChI=1S/C12H10BrN3S/c13-10-2-4-11(5-3-10)16-8-7-15-12(16)17-9-1-6-14/h2-5,7-8H,1,9H2. The molecule has 2 aromatic rings. The van der Waals surface area contributed by atoms with Gasteiger partial charge in [-0.05, 0) is 24.3 Å². The summed E-state index contributed by atoms with van der Waals surface area (Å²) in [4.78, 5) is 4.29. The number of imidazole rings is 1. The first-order valence-electron chi connectivity index (χ1n) is 5.10. The SMILES string of the molecule is N#CCCSc1nccn1-c1ccc(Br)cc1. The van der Waals surface area contributed by atoms with Crippen LogP contribution in [0.4, 0.5) is 0 Å². The van der Waals surface area contributed by atoms with Crippen molar-refractivity contribution in [1.82, 2.24) is 9.55 Å². The molecule has 0 bridgehead atoms. The molecule has 3 nitrogen and oxygen atoms in total. The third kappa shape index (κ3) is 3.11. The number of nitriles is 1. The normalized spacial score (nSPS) is 10.1. The zero-order valence-corrected chi connectivity index (χ0v) is 11.4. The number of benzene rings is 1. The van der Waals surface area contributed by atoms with Gasteiger partial charge in [-0.3, -0.25) is 4.57 Å². The van der Waals surface area contributed by atoms with Gasteiger partial charge in [0.05, 0.1) is 6.07 Å². The van der Waals surface area contributed by atoms with Crippen molar-refractivity contribution in [2.45, 2.75) is 11.6 Å². The molecule has 0 fully saturated rings. The highest BCUT2D eigenvalue weighted by Gasteiger charge is 2.05. The van der Waals surface area contributed by atoms with Crippen molar-refractivity contribution < 1.29 is 0 Å². The van der Waals surface area contributed by atoms with Crippen LogP contribution in [0.3, 0.4) is 0 Å². The van der Waals surface area contributed by atoms with Crippen molar-refractivity contribution in [2.24, 2.45) is 0 Å². The molecule has 0 saturated heterocycles. The van der Waals surface area contributed by atoms with Crippen LogP contribution < -0.4 is 0 Å². The van der Waals surface area contributed by atoms with Gasteiger partial charge in [0.2, 0.25) is 0 Å². The Kier molecular flexibility index (Phi) is 4.24. The van der Waals surface area contributed by atoms with E-state index in [9.17, 15) is 0 Å². The number of nitrogens with zero attached hydrogens (tertiary/aromatic N) is 3. The van der Waals surface area contributed by atoms with Crippen LogP contribution in [0.15, 0.2) is 46.3 Å². The third-order valence-electron chi connectivity index (χ3n) is 2.16. The Morgan fingerprint density at radius 2 is 2.12 bits per heavy atom. The van der Waals surface area contributed by atoms with Crippen LogP contribution in [-0.2, 0) is 0 Å². The van der Waals surface area contributed by atoms with Crippen molar-refractivity contribution in [3.63, 3.8) is 0 Å². The summed E-state index contributed by atoms with van der Waals surface area (Å²) in [6.07, 6.45) is 4.24. The minimum atomic E-state index is 0.540. The Morgan fingerprint density at radius 1 is 1.35 bits per heavy atom.